The van der Waals surface area contributed by atoms with Crippen molar-refractivity contribution < 1.29 is 52.2 Å². The molecule has 0 saturated carbocycles. The normalized spacial score (nSPS) is 21.0. The number of carbonyl (C=O) groups is 2. The van der Waals surface area contributed by atoms with E-state index in [0.29, 0.717) is 12.2 Å². The molecule has 2 aromatic rings. The van der Waals surface area contributed by atoms with Crippen LogP contribution < -0.4 is 19.9 Å². The third kappa shape index (κ3) is 10.3. The molecular weight excluding hydrogens is 611 g/mol. The molecule has 0 aliphatic carbocycles. The fourth-order valence-corrected chi connectivity index (χ4v) is 5.13. The maximum Gasteiger partial charge on any atom is 0.290 e. The van der Waals surface area contributed by atoms with E-state index in [0.717, 1.165) is 6.42 Å². The molecule has 1 saturated heterocycles. The maximum absolute atomic E-state index is 11.9. The van der Waals surface area contributed by atoms with E-state index in [1.54, 1.807) is 0 Å². The van der Waals surface area contributed by atoms with Gasteiger partial charge >= 0.3 is 0 Å². The number of hydrogen-bond donors (Lipinski definition) is 2. The average Bonchev–Trinajstić information content (AvgIpc) is 3.29. The highest BCUT2D eigenvalue weighted by Crippen LogP contribution is 2.37. The lowest BCUT2D eigenvalue weighted by atomic mass is 10.1. The molecule has 232 valence electrons. The fraction of sp³-hybridized carbons (Fsp3) is 0.458. The molecule has 1 amide bonds. The van der Waals surface area contributed by atoms with E-state index in [1.165, 1.54) is 66.0 Å². The van der Waals surface area contributed by atoms with Gasteiger partial charge in [-0.2, -0.15) is 4.57 Å². The zero-order chi connectivity index (χ0) is 31.6. The molecule has 17 nitrogen and oxygen atoms in total. The van der Waals surface area contributed by atoms with Gasteiger partial charge in [0.2, 0.25) is 0 Å². The SMILES string of the molecule is CC(=O)SCCCCOc1ccc(CO[C@@H]2[C@H](N=[N+]=[N-])[C@@H](COP(=O)([O-])O)O[C@H]2[n+]2cccc(C(N)=O)c2)c([N+](=O)[O-])c1. The third-order valence-corrected chi connectivity index (χ3v) is 7.47. The highest BCUT2D eigenvalue weighted by molar-refractivity contribution is 8.13. The summed E-state index contributed by atoms with van der Waals surface area (Å²) in [7, 11) is -5.17. The minimum absolute atomic E-state index is 0.0238. The van der Waals surface area contributed by atoms with Crippen LogP contribution in [0.3, 0.4) is 0 Å². The lowest BCUT2D eigenvalue weighted by molar-refractivity contribution is -0.766. The van der Waals surface area contributed by atoms with E-state index in [-0.39, 0.29) is 40.9 Å². The number of amides is 1. The number of phosphoric acid groups is 1. The highest BCUT2D eigenvalue weighted by atomic mass is 32.2. The predicted molar refractivity (Wildman–Crippen MR) is 147 cm³/mol. The van der Waals surface area contributed by atoms with E-state index in [2.05, 4.69) is 14.5 Å². The molecule has 1 fully saturated rings. The number of nitrogens with zero attached hydrogens (tertiary/aromatic N) is 5. The summed E-state index contributed by atoms with van der Waals surface area (Å²) in [5.41, 5.74) is 14.5. The van der Waals surface area contributed by atoms with Gasteiger partial charge in [0.15, 0.2) is 23.6 Å². The molecule has 1 aliphatic rings. The number of nitro groups is 1. The highest BCUT2D eigenvalue weighted by Gasteiger charge is 2.51. The predicted octanol–water partition coefficient (Wildman–Crippen LogP) is 2.06. The summed E-state index contributed by atoms with van der Waals surface area (Å²) in [5, 5.41) is 15.5. The van der Waals surface area contributed by atoms with E-state index in [4.69, 9.17) is 24.8 Å². The van der Waals surface area contributed by atoms with Crippen molar-refractivity contribution in [3.05, 3.63) is 74.4 Å². The molecule has 3 rings (SSSR count). The zero-order valence-electron chi connectivity index (χ0n) is 22.8. The number of phosphoric ester groups is 1. The van der Waals surface area contributed by atoms with Crippen molar-refractivity contribution in [3.63, 3.8) is 0 Å². The van der Waals surface area contributed by atoms with E-state index >= 15 is 0 Å². The minimum Gasteiger partial charge on any atom is -0.756 e. The largest absolute Gasteiger partial charge is 0.756 e. The Bertz CT molecular complexity index is 1420. The van der Waals surface area contributed by atoms with Gasteiger partial charge in [-0.3, -0.25) is 24.3 Å². The summed E-state index contributed by atoms with van der Waals surface area (Å²) in [5.74, 6) is 0.147. The summed E-state index contributed by atoms with van der Waals surface area (Å²) in [6.07, 6.45) is 0.623. The first-order chi connectivity index (χ1) is 20.4. The van der Waals surface area contributed by atoms with Gasteiger partial charge in [0.1, 0.15) is 17.4 Å². The second kappa shape index (κ2) is 15.7. The van der Waals surface area contributed by atoms with E-state index in [1.807, 2.05) is 0 Å². The Kier molecular flexibility index (Phi) is 12.4. The molecule has 2 heterocycles. The molecule has 0 bridgehead atoms. The number of hydrogen-bond acceptors (Lipinski definition) is 12. The number of thioether (sulfide) groups is 1. The first kappa shape index (κ1) is 33.9. The van der Waals surface area contributed by atoms with Crippen LogP contribution in [0.4, 0.5) is 5.69 Å². The quantitative estimate of drug-likeness (QED) is 0.0391. The molecule has 19 heteroatoms. The van der Waals surface area contributed by atoms with Gasteiger partial charge in [-0.05, 0) is 36.6 Å². The Hall–Kier alpha value is -3.60. The van der Waals surface area contributed by atoms with Gasteiger partial charge in [-0.1, -0.05) is 16.9 Å². The number of nitro benzene ring substituents is 1. The van der Waals surface area contributed by atoms with Crippen LogP contribution in [-0.4, -0.2) is 58.1 Å². The number of pyridine rings is 1. The third-order valence-electron chi connectivity index (χ3n) is 6.10. The second-order valence-corrected chi connectivity index (χ2v) is 11.6. The van der Waals surface area contributed by atoms with Crippen molar-refractivity contribution in [2.75, 3.05) is 19.0 Å². The summed E-state index contributed by atoms with van der Waals surface area (Å²) >= 11 is 1.21. The van der Waals surface area contributed by atoms with Gasteiger partial charge in [0.05, 0.1) is 42.5 Å². The monoisotopic (exact) mass is 640 g/mol. The molecule has 1 aliphatic heterocycles. The molecule has 1 aromatic carbocycles. The van der Waals surface area contributed by atoms with Gasteiger partial charge in [-0.15, -0.1) is 0 Å². The Balaban J connectivity index is 1.82. The Morgan fingerprint density at radius 3 is 2.77 bits per heavy atom. The first-order valence-corrected chi connectivity index (χ1v) is 15.2. The number of benzene rings is 1. The minimum atomic E-state index is -5.17. The molecule has 3 N–H and O–H groups in total. The summed E-state index contributed by atoms with van der Waals surface area (Å²) in [6, 6.07) is 5.90. The van der Waals surface area contributed by atoms with Crippen LogP contribution in [0, 0.1) is 10.1 Å². The van der Waals surface area contributed by atoms with E-state index < -0.39 is 49.7 Å². The summed E-state index contributed by atoms with van der Waals surface area (Å²) < 4.78 is 34.5. The Morgan fingerprint density at radius 1 is 1.35 bits per heavy atom. The number of nitrogens with two attached hydrogens (primary N) is 1. The number of ether oxygens (including phenoxy) is 3. The molecule has 5 atom stereocenters. The topological polar surface area (TPSA) is 253 Å². The first-order valence-electron chi connectivity index (χ1n) is 12.7. The van der Waals surface area contributed by atoms with Gasteiger partial charge in [0.25, 0.3) is 25.6 Å². The number of primary amides is 1. The summed E-state index contributed by atoms with van der Waals surface area (Å²) in [4.78, 5) is 57.0. The molecule has 1 unspecified atom stereocenters. The van der Waals surface area contributed by atoms with Crippen LogP contribution in [0.5, 0.6) is 5.75 Å². The molecule has 0 radical (unpaired) electrons. The number of aromatic nitrogens is 1. The maximum atomic E-state index is 11.9. The standard InChI is InChI=1S/C24H29N6O11PS/c1-15(31)43-10-3-2-9-38-18-7-6-17(19(11-18)30(33)34)13-39-22-21(27-28-26)20(14-40-42(35,36)37)41-24(22)29-8-4-5-16(12-29)23(25)32/h4-8,11-12,20-22,24H,2-3,9-10,13-14H2,1H3,(H3-,25,32,35,36,37)/t20-,21-,22-,24-/m1/s1. The van der Waals surface area contributed by atoms with Gasteiger partial charge in [0, 0.05) is 23.7 Å². The van der Waals surface area contributed by atoms with Crippen LogP contribution in [0.2, 0.25) is 0 Å². The smallest absolute Gasteiger partial charge is 0.290 e. The van der Waals surface area contributed by atoms with Gasteiger partial charge in [-0.25, -0.2) is 0 Å². The van der Waals surface area contributed by atoms with Crippen molar-refractivity contribution in [2.24, 2.45) is 10.8 Å². The van der Waals surface area contributed by atoms with Crippen molar-refractivity contribution in [3.8, 4) is 5.75 Å². The van der Waals surface area contributed by atoms with Crippen LogP contribution in [0.1, 0.15) is 41.9 Å². The average molecular weight is 641 g/mol. The van der Waals surface area contributed by atoms with Crippen molar-refractivity contribution in [1.29, 1.82) is 0 Å². The van der Waals surface area contributed by atoms with Crippen LogP contribution in [0.15, 0.2) is 47.8 Å². The zero-order valence-corrected chi connectivity index (χ0v) is 24.5. The Morgan fingerprint density at radius 2 is 2.12 bits per heavy atom. The van der Waals surface area contributed by atoms with Crippen molar-refractivity contribution in [1.82, 2.24) is 0 Å². The number of rotatable bonds is 16. The Labute approximate surface area is 249 Å². The lowest BCUT2D eigenvalue weighted by Gasteiger charge is -2.21. The lowest BCUT2D eigenvalue weighted by Crippen LogP contribution is -2.47. The number of carbonyl (C=O) groups excluding carboxylic acids is 2. The van der Waals surface area contributed by atoms with Crippen molar-refractivity contribution >= 4 is 36.3 Å². The van der Waals surface area contributed by atoms with Crippen molar-refractivity contribution in [2.45, 2.75) is 50.8 Å². The van der Waals surface area contributed by atoms with Crippen LogP contribution in [-0.2, 0) is 30.0 Å². The summed E-state index contributed by atoms with van der Waals surface area (Å²) in [6.45, 7) is 0.659. The second-order valence-electron chi connectivity index (χ2n) is 9.15. The molecule has 0 spiro atoms. The van der Waals surface area contributed by atoms with Gasteiger partial charge < -0.3 is 34.3 Å². The molecular formula is C24H29N6O11PS. The number of unbranched alkanes of at least 4 members (excludes halogenated alkanes) is 1. The van der Waals surface area contributed by atoms with E-state index in [9.17, 15) is 34.7 Å². The molecule has 43 heavy (non-hydrogen) atoms. The van der Waals surface area contributed by atoms with Crippen LogP contribution in [0.25, 0.3) is 10.4 Å². The van der Waals surface area contributed by atoms with Crippen LogP contribution >= 0.6 is 19.6 Å². The fourth-order valence-electron chi connectivity index (χ4n) is 4.16. The number of azide groups is 1. The molecule has 1 aromatic heterocycles.